The van der Waals surface area contributed by atoms with Gasteiger partial charge in [-0.05, 0) is 25.0 Å². The third kappa shape index (κ3) is 3.96. The zero-order chi connectivity index (χ0) is 24.7. The SMILES string of the molecule is O=C1CCCC2=C1C(c1ccccc1Oc1ccc([N+](=O)[O-])cc1[N+](=O)[O-])C1=C(CCCC1=O)O2. The maximum absolute atomic E-state index is 13.0. The predicted molar refractivity (Wildman–Crippen MR) is 122 cm³/mol. The van der Waals surface area contributed by atoms with Crippen molar-refractivity contribution in [3.05, 3.63) is 90.9 Å². The summed E-state index contributed by atoms with van der Waals surface area (Å²) in [6, 6.07) is 9.86. The second kappa shape index (κ2) is 8.79. The molecule has 1 heterocycles. The number of Topliss-reactive ketones (excluding diaryl/α,β-unsaturated/α-hetero) is 2. The number of rotatable bonds is 5. The Morgan fingerprint density at radius 2 is 1.43 bits per heavy atom. The number of ether oxygens (including phenoxy) is 2. The average Bonchev–Trinajstić information content (AvgIpc) is 2.83. The Bertz CT molecular complexity index is 1310. The Kier molecular flexibility index (Phi) is 5.64. The highest BCUT2D eigenvalue weighted by molar-refractivity contribution is 6.06. The molecule has 5 rings (SSSR count). The van der Waals surface area contributed by atoms with E-state index in [4.69, 9.17) is 9.47 Å². The van der Waals surface area contributed by atoms with E-state index in [-0.39, 0.29) is 23.1 Å². The number of non-ortho nitro benzene ring substituents is 1. The van der Waals surface area contributed by atoms with Crippen LogP contribution in [0.1, 0.15) is 50.0 Å². The van der Waals surface area contributed by atoms with Crippen molar-refractivity contribution in [3.63, 3.8) is 0 Å². The summed E-state index contributed by atoms with van der Waals surface area (Å²) in [4.78, 5) is 47.3. The first-order valence-corrected chi connectivity index (χ1v) is 11.2. The van der Waals surface area contributed by atoms with E-state index in [1.807, 2.05) is 0 Å². The Morgan fingerprint density at radius 1 is 0.800 bits per heavy atom. The number of allylic oxidation sites excluding steroid dienone is 4. The molecule has 0 aromatic heterocycles. The van der Waals surface area contributed by atoms with Crippen molar-refractivity contribution in [1.82, 2.24) is 0 Å². The lowest BCUT2D eigenvalue weighted by atomic mass is 9.73. The van der Waals surface area contributed by atoms with Crippen LogP contribution in [0.25, 0.3) is 0 Å². The lowest BCUT2D eigenvalue weighted by Crippen LogP contribution is -2.30. The van der Waals surface area contributed by atoms with Crippen molar-refractivity contribution in [2.75, 3.05) is 0 Å². The number of hydrogen-bond donors (Lipinski definition) is 0. The molecule has 0 fully saturated rings. The van der Waals surface area contributed by atoms with Gasteiger partial charge >= 0.3 is 5.69 Å². The van der Waals surface area contributed by atoms with Gasteiger partial charge in [-0.2, -0.15) is 0 Å². The standard InChI is InChI=1S/C25H20N2O8/c28-17-6-3-9-21-24(17)23(25-18(29)7-4-10-22(25)35-21)15-5-1-2-8-19(15)34-20-12-11-14(26(30)31)13-16(20)27(32)33/h1-2,5,8,11-13,23H,3-4,6-7,9-10H2. The van der Waals surface area contributed by atoms with Gasteiger partial charge in [0.2, 0.25) is 5.75 Å². The summed E-state index contributed by atoms with van der Waals surface area (Å²) in [5.74, 6) is 0.254. The summed E-state index contributed by atoms with van der Waals surface area (Å²) >= 11 is 0. The van der Waals surface area contributed by atoms with E-state index in [0.717, 1.165) is 12.1 Å². The Labute approximate surface area is 199 Å². The van der Waals surface area contributed by atoms with Crippen LogP contribution in [0.3, 0.4) is 0 Å². The predicted octanol–water partition coefficient (Wildman–Crippen LogP) is 5.42. The lowest BCUT2D eigenvalue weighted by molar-refractivity contribution is -0.394. The number of nitro benzene ring substituents is 2. The molecule has 3 aliphatic rings. The van der Waals surface area contributed by atoms with E-state index >= 15 is 0 Å². The monoisotopic (exact) mass is 476 g/mol. The van der Waals surface area contributed by atoms with Gasteiger partial charge in [-0.1, -0.05) is 18.2 Å². The van der Waals surface area contributed by atoms with E-state index in [0.29, 0.717) is 66.8 Å². The first kappa shape index (κ1) is 22.5. The molecular formula is C25H20N2O8. The third-order valence-electron chi connectivity index (χ3n) is 6.44. The molecule has 0 spiro atoms. The van der Waals surface area contributed by atoms with E-state index in [1.165, 1.54) is 6.07 Å². The molecule has 0 amide bonds. The van der Waals surface area contributed by atoms with Crippen LogP contribution in [-0.4, -0.2) is 21.4 Å². The fourth-order valence-electron chi connectivity index (χ4n) is 4.91. The number of para-hydroxylation sites is 1. The van der Waals surface area contributed by atoms with Crippen molar-refractivity contribution < 1.29 is 28.9 Å². The maximum atomic E-state index is 13.0. The van der Waals surface area contributed by atoms with Crippen LogP contribution in [0.5, 0.6) is 11.5 Å². The van der Waals surface area contributed by atoms with Gasteiger partial charge in [-0.3, -0.25) is 29.8 Å². The van der Waals surface area contributed by atoms with Gasteiger partial charge in [-0.15, -0.1) is 0 Å². The molecule has 35 heavy (non-hydrogen) atoms. The Balaban J connectivity index is 1.65. The van der Waals surface area contributed by atoms with E-state index < -0.39 is 27.1 Å². The normalized spacial score (nSPS) is 18.1. The molecule has 0 N–H and O–H groups in total. The quantitative estimate of drug-likeness (QED) is 0.411. The number of nitrogens with zero attached hydrogens (tertiary/aromatic N) is 2. The minimum absolute atomic E-state index is 0.0997. The van der Waals surface area contributed by atoms with Crippen LogP contribution < -0.4 is 4.74 Å². The molecule has 0 radical (unpaired) electrons. The van der Waals surface area contributed by atoms with Crippen LogP contribution in [0.2, 0.25) is 0 Å². The summed E-state index contributed by atoms with van der Waals surface area (Å²) in [7, 11) is 0. The summed E-state index contributed by atoms with van der Waals surface area (Å²) < 4.78 is 12.0. The second-order valence-electron chi connectivity index (χ2n) is 8.57. The molecular weight excluding hydrogens is 456 g/mol. The van der Waals surface area contributed by atoms with Crippen molar-refractivity contribution in [2.24, 2.45) is 0 Å². The molecule has 0 unspecified atom stereocenters. The number of carbonyl (C=O) groups excluding carboxylic acids is 2. The minimum Gasteiger partial charge on any atom is -0.465 e. The van der Waals surface area contributed by atoms with Crippen molar-refractivity contribution >= 4 is 22.9 Å². The van der Waals surface area contributed by atoms with E-state index in [9.17, 15) is 29.8 Å². The molecule has 10 nitrogen and oxygen atoms in total. The molecule has 0 atom stereocenters. The zero-order valence-electron chi connectivity index (χ0n) is 18.5. The largest absolute Gasteiger partial charge is 0.465 e. The van der Waals surface area contributed by atoms with Crippen LogP contribution >= 0.6 is 0 Å². The molecule has 2 aromatic carbocycles. The molecule has 178 valence electrons. The van der Waals surface area contributed by atoms with Gasteiger partial charge in [0.15, 0.2) is 11.6 Å². The van der Waals surface area contributed by atoms with E-state index in [1.54, 1.807) is 24.3 Å². The highest BCUT2D eigenvalue weighted by Gasteiger charge is 2.42. The van der Waals surface area contributed by atoms with Crippen molar-refractivity contribution in [1.29, 1.82) is 0 Å². The number of carbonyl (C=O) groups is 2. The summed E-state index contributed by atoms with van der Waals surface area (Å²) in [5.41, 5.74) is 0.364. The second-order valence-corrected chi connectivity index (χ2v) is 8.57. The van der Waals surface area contributed by atoms with Gasteiger partial charge in [0.25, 0.3) is 5.69 Å². The number of nitro groups is 2. The Hall–Kier alpha value is -4.34. The van der Waals surface area contributed by atoms with Crippen LogP contribution in [-0.2, 0) is 14.3 Å². The molecule has 2 aromatic rings. The van der Waals surface area contributed by atoms with Crippen molar-refractivity contribution in [2.45, 2.75) is 44.4 Å². The molecule has 10 heteroatoms. The zero-order valence-corrected chi connectivity index (χ0v) is 18.5. The fraction of sp³-hybridized carbons (Fsp3) is 0.280. The maximum Gasteiger partial charge on any atom is 0.318 e. The molecule has 0 saturated heterocycles. The van der Waals surface area contributed by atoms with Crippen LogP contribution in [0, 0.1) is 20.2 Å². The topological polar surface area (TPSA) is 139 Å². The molecule has 0 bridgehead atoms. The number of ketones is 2. The summed E-state index contributed by atoms with van der Waals surface area (Å²) in [6.07, 6.45) is 3.17. The van der Waals surface area contributed by atoms with Gasteiger partial charge < -0.3 is 9.47 Å². The van der Waals surface area contributed by atoms with Crippen LogP contribution in [0.4, 0.5) is 11.4 Å². The number of benzene rings is 2. The van der Waals surface area contributed by atoms with E-state index in [2.05, 4.69) is 0 Å². The smallest absolute Gasteiger partial charge is 0.318 e. The molecule has 1 aliphatic heterocycles. The lowest BCUT2D eigenvalue weighted by Gasteiger charge is -2.36. The van der Waals surface area contributed by atoms with Crippen molar-refractivity contribution in [3.8, 4) is 11.5 Å². The van der Waals surface area contributed by atoms with Gasteiger partial charge in [-0.25, -0.2) is 0 Å². The number of hydrogen-bond acceptors (Lipinski definition) is 8. The first-order chi connectivity index (χ1) is 16.8. The third-order valence-corrected chi connectivity index (χ3v) is 6.44. The van der Waals surface area contributed by atoms with Gasteiger partial charge in [0.1, 0.15) is 17.3 Å². The molecule has 0 saturated carbocycles. The Morgan fingerprint density at radius 3 is 2.03 bits per heavy atom. The van der Waals surface area contributed by atoms with Crippen LogP contribution in [0.15, 0.2) is 65.1 Å². The summed E-state index contributed by atoms with van der Waals surface area (Å²) in [5, 5.41) is 22.7. The highest BCUT2D eigenvalue weighted by Crippen LogP contribution is 2.50. The highest BCUT2D eigenvalue weighted by atomic mass is 16.6. The summed E-state index contributed by atoms with van der Waals surface area (Å²) in [6.45, 7) is 0. The molecule has 2 aliphatic carbocycles. The van der Waals surface area contributed by atoms with Gasteiger partial charge in [0, 0.05) is 48.5 Å². The first-order valence-electron chi connectivity index (χ1n) is 11.2. The fourth-order valence-corrected chi connectivity index (χ4v) is 4.91. The van der Waals surface area contributed by atoms with Gasteiger partial charge in [0.05, 0.1) is 21.8 Å². The average molecular weight is 476 g/mol. The minimum atomic E-state index is -0.754.